The van der Waals surface area contributed by atoms with E-state index in [1.165, 1.54) is 17.5 Å². The summed E-state index contributed by atoms with van der Waals surface area (Å²) in [4.78, 5) is 0. The number of rotatable bonds is 2. The first kappa shape index (κ1) is 18.2. The van der Waals surface area contributed by atoms with Gasteiger partial charge in [0.2, 0.25) is 0 Å². The number of allylic oxidation sites excluding steroid dienone is 4. The van der Waals surface area contributed by atoms with Crippen molar-refractivity contribution in [2.24, 2.45) is 0 Å². The Morgan fingerprint density at radius 1 is 0.833 bits per heavy atom. The minimum atomic E-state index is -2.22. The Labute approximate surface area is 161 Å². The van der Waals surface area contributed by atoms with Gasteiger partial charge in [0.25, 0.3) is 0 Å². The van der Waals surface area contributed by atoms with Crippen LogP contribution in [0.2, 0.25) is 8.26 Å². The largest absolute Gasteiger partial charge is 0.147 e. The second-order valence-electron chi connectivity index (χ2n) is 7.03. The third-order valence-electron chi connectivity index (χ3n) is 5.94. The van der Waals surface area contributed by atoms with Crippen LogP contribution in [-0.4, -0.2) is 0 Å². The molecule has 0 spiro atoms. The molecule has 1 saturated heterocycles. The van der Waals surface area contributed by atoms with Crippen LogP contribution in [0.3, 0.4) is 0 Å². The summed E-state index contributed by atoms with van der Waals surface area (Å²) in [5, 5.41) is 0. The molecule has 0 N–H and O–H groups in total. The Morgan fingerprint density at radius 2 is 1.38 bits per heavy atom. The first-order valence-electron chi connectivity index (χ1n) is 8.36. The molecule has 5 rings (SSSR count). The maximum atomic E-state index is 2.41. The van der Waals surface area contributed by atoms with E-state index in [1.807, 2.05) is 3.28 Å². The van der Waals surface area contributed by atoms with Crippen LogP contribution in [0.4, 0.5) is 0 Å². The Kier molecular flexibility index (Phi) is 5.00. The van der Waals surface area contributed by atoms with Crippen molar-refractivity contribution in [2.45, 2.75) is 25.2 Å². The van der Waals surface area contributed by atoms with E-state index < -0.39 is 20.3 Å². The summed E-state index contributed by atoms with van der Waals surface area (Å²) in [6.07, 6.45) is 6.02. The van der Waals surface area contributed by atoms with Crippen molar-refractivity contribution in [3.05, 3.63) is 80.7 Å². The monoisotopic (exact) mass is 434 g/mol. The molecule has 2 aliphatic carbocycles. The van der Waals surface area contributed by atoms with E-state index in [2.05, 4.69) is 67.6 Å². The van der Waals surface area contributed by atoms with Crippen molar-refractivity contribution in [3.8, 4) is 11.1 Å². The smallest absolute Gasteiger partial charge is 0.147 e. The van der Waals surface area contributed by atoms with Crippen LogP contribution >= 0.6 is 24.8 Å². The van der Waals surface area contributed by atoms with Crippen molar-refractivity contribution >= 4 is 24.8 Å². The number of hydrogen-bond acceptors (Lipinski definition) is 0. The van der Waals surface area contributed by atoms with Crippen LogP contribution in [0.5, 0.6) is 0 Å². The predicted octanol–water partition coefficient (Wildman–Crippen LogP) is 6.84. The van der Waals surface area contributed by atoms with Crippen molar-refractivity contribution < 1.29 is 20.3 Å². The molecule has 0 aromatic heterocycles. The molecule has 124 valence electrons. The maximum absolute atomic E-state index is 2.41. The number of hydrogen-bond donors (Lipinski definition) is 0. The summed E-state index contributed by atoms with van der Waals surface area (Å²) in [5.74, 6) is 0. The molecule has 2 aromatic rings. The van der Waals surface area contributed by atoms with Crippen molar-refractivity contribution in [1.29, 1.82) is 0 Å². The third kappa shape index (κ3) is 2.44. The summed E-state index contributed by atoms with van der Waals surface area (Å²) in [6.45, 7) is 2.35. The zero-order valence-electron chi connectivity index (χ0n) is 13.8. The van der Waals surface area contributed by atoms with E-state index in [-0.39, 0.29) is 24.8 Å². The minimum Gasteiger partial charge on any atom is -0.147 e. The van der Waals surface area contributed by atoms with Gasteiger partial charge in [0.05, 0.1) is 0 Å². The Balaban J connectivity index is 0.000000845. The normalized spacial score (nSPS) is 19.4. The van der Waals surface area contributed by atoms with Gasteiger partial charge in [0.15, 0.2) is 0 Å². The van der Waals surface area contributed by atoms with Gasteiger partial charge in [-0.3, -0.25) is 0 Å². The summed E-state index contributed by atoms with van der Waals surface area (Å²) in [7, 11) is 0. The van der Waals surface area contributed by atoms with Gasteiger partial charge in [-0.15, -0.1) is 24.8 Å². The predicted molar refractivity (Wildman–Crippen MR) is 104 cm³/mol. The molecular formula is C21H22Cl2Zr. The molecular weight excluding hydrogens is 414 g/mol. The van der Waals surface area contributed by atoms with Crippen LogP contribution in [0.1, 0.15) is 28.1 Å². The van der Waals surface area contributed by atoms with Gasteiger partial charge in [-0.25, -0.2) is 0 Å². The SMILES string of the molecule is CC1=[C]([Zr]2([CH]3c4ccccc4-c4ccccc43)[CH2][CH2]2)CC=C1.Cl.Cl. The van der Waals surface area contributed by atoms with Crippen molar-refractivity contribution in [3.63, 3.8) is 0 Å². The summed E-state index contributed by atoms with van der Waals surface area (Å²) < 4.78 is 5.78. The molecule has 0 radical (unpaired) electrons. The van der Waals surface area contributed by atoms with E-state index in [0.29, 0.717) is 0 Å². The molecule has 0 nitrogen and oxygen atoms in total. The fourth-order valence-electron chi connectivity index (χ4n) is 4.86. The molecule has 1 fully saturated rings. The molecule has 0 atom stereocenters. The number of benzene rings is 2. The van der Waals surface area contributed by atoms with Gasteiger partial charge in [0.1, 0.15) is 0 Å². The van der Waals surface area contributed by atoms with Crippen LogP contribution in [0, 0.1) is 0 Å². The van der Waals surface area contributed by atoms with Gasteiger partial charge >= 0.3 is 137 Å². The average molecular weight is 437 g/mol. The second kappa shape index (κ2) is 6.60. The fourth-order valence-corrected chi connectivity index (χ4v) is 20.8. The third-order valence-corrected chi connectivity index (χ3v) is 18.5. The number of fused-ring (bicyclic) bond motifs is 3. The van der Waals surface area contributed by atoms with E-state index in [0.717, 1.165) is 3.63 Å². The first-order chi connectivity index (χ1) is 10.8. The van der Waals surface area contributed by atoms with E-state index >= 15 is 0 Å². The minimum absolute atomic E-state index is 0. The molecule has 1 heterocycles. The number of halogens is 2. The van der Waals surface area contributed by atoms with E-state index in [4.69, 9.17) is 0 Å². The van der Waals surface area contributed by atoms with Crippen LogP contribution in [-0.2, 0) is 20.3 Å². The topological polar surface area (TPSA) is 0 Å². The zero-order valence-corrected chi connectivity index (χ0v) is 17.9. The Morgan fingerprint density at radius 3 is 1.83 bits per heavy atom. The maximum Gasteiger partial charge on any atom is -0.147 e. The first-order valence-corrected chi connectivity index (χ1v) is 14.5. The van der Waals surface area contributed by atoms with Crippen molar-refractivity contribution in [2.75, 3.05) is 0 Å². The van der Waals surface area contributed by atoms with E-state index in [9.17, 15) is 0 Å². The fraction of sp³-hybridized carbons (Fsp3) is 0.238. The molecule has 0 saturated carbocycles. The quantitative estimate of drug-likeness (QED) is 0.484. The molecule has 3 aliphatic rings. The van der Waals surface area contributed by atoms with Crippen molar-refractivity contribution in [1.82, 2.24) is 0 Å². The van der Waals surface area contributed by atoms with Gasteiger partial charge < -0.3 is 0 Å². The van der Waals surface area contributed by atoms with Crippen LogP contribution < -0.4 is 0 Å². The molecule has 0 amide bonds. The van der Waals surface area contributed by atoms with Gasteiger partial charge in [-0.1, -0.05) is 0 Å². The van der Waals surface area contributed by atoms with Crippen LogP contribution in [0.15, 0.2) is 69.5 Å². The molecule has 0 unspecified atom stereocenters. The molecule has 2 aromatic carbocycles. The van der Waals surface area contributed by atoms with Crippen LogP contribution in [0.25, 0.3) is 11.1 Å². The molecule has 1 aliphatic heterocycles. The summed E-state index contributed by atoms with van der Waals surface area (Å²) in [5.41, 5.74) is 7.91. The standard InChI is InChI=1S/C13H9.C6H7.C2H4.2ClH.Zr/c1-3-7-12-10(5-1)9-11-6-2-4-8-13(11)12;1-6-4-2-3-5-6;1-2;;;/h1-9H;2,4H,3H2,1H3;1-2H2;2*1H;. The van der Waals surface area contributed by atoms with E-state index in [1.54, 1.807) is 25.0 Å². The summed E-state index contributed by atoms with van der Waals surface area (Å²) >= 11 is -2.22. The molecule has 3 heteroatoms. The Bertz CT molecular complexity index is 801. The molecule has 0 bridgehead atoms. The summed E-state index contributed by atoms with van der Waals surface area (Å²) in [6, 6.07) is 18.4. The molecule has 24 heavy (non-hydrogen) atoms. The van der Waals surface area contributed by atoms with Gasteiger partial charge in [-0.05, 0) is 0 Å². The second-order valence-corrected chi connectivity index (χ2v) is 18.1. The Hall–Kier alpha value is -0.617. The van der Waals surface area contributed by atoms with Gasteiger partial charge in [0, 0.05) is 0 Å². The zero-order chi connectivity index (χ0) is 14.7. The average Bonchev–Trinajstić information content (AvgIpc) is 3.09. The van der Waals surface area contributed by atoms with Gasteiger partial charge in [-0.2, -0.15) is 0 Å².